The number of halogens is 1. The number of ether oxygens (including phenoxy) is 2. The zero-order chi connectivity index (χ0) is 16.4. The molecule has 0 bridgehead atoms. The van der Waals surface area contributed by atoms with E-state index in [0.29, 0.717) is 33.9 Å². The van der Waals surface area contributed by atoms with Gasteiger partial charge in [-0.1, -0.05) is 16.8 Å². The molecule has 0 radical (unpaired) electrons. The van der Waals surface area contributed by atoms with Crippen LogP contribution in [0, 0.1) is 6.92 Å². The molecule has 0 saturated heterocycles. The molecular formula is C15H15ClN2O4S. The lowest BCUT2D eigenvalue weighted by molar-refractivity contribution is -0.115. The van der Waals surface area contributed by atoms with Gasteiger partial charge in [0.05, 0.1) is 10.3 Å². The van der Waals surface area contributed by atoms with E-state index in [1.807, 2.05) is 19.1 Å². The molecule has 1 aromatic carbocycles. The van der Waals surface area contributed by atoms with Gasteiger partial charge in [0.2, 0.25) is 12.7 Å². The van der Waals surface area contributed by atoms with Crippen molar-refractivity contribution in [2.24, 2.45) is 0 Å². The van der Waals surface area contributed by atoms with Crippen molar-refractivity contribution in [2.45, 2.75) is 24.9 Å². The number of hydrogen-bond donors (Lipinski definition) is 1. The van der Waals surface area contributed by atoms with Gasteiger partial charge in [0.15, 0.2) is 17.3 Å². The maximum absolute atomic E-state index is 12.1. The summed E-state index contributed by atoms with van der Waals surface area (Å²) in [7, 11) is 0. The van der Waals surface area contributed by atoms with E-state index in [9.17, 15) is 4.79 Å². The van der Waals surface area contributed by atoms with E-state index in [2.05, 4.69) is 10.5 Å². The van der Waals surface area contributed by atoms with Crippen LogP contribution >= 0.6 is 23.4 Å². The summed E-state index contributed by atoms with van der Waals surface area (Å²) < 4.78 is 15.5. The lowest BCUT2D eigenvalue weighted by atomic mass is 10.2. The first-order chi connectivity index (χ1) is 11.0. The Bertz CT molecular complexity index is 734. The predicted molar refractivity (Wildman–Crippen MR) is 88.2 cm³/mol. The lowest BCUT2D eigenvalue weighted by Gasteiger charge is -2.11. The zero-order valence-electron chi connectivity index (χ0n) is 12.6. The molecule has 0 aliphatic carbocycles. The second-order valence-corrected chi connectivity index (χ2v) is 6.81. The Morgan fingerprint density at radius 1 is 1.43 bits per heavy atom. The van der Waals surface area contributed by atoms with Crippen molar-refractivity contribution >= 4 is 35.1 Å². The van der Waals surface area contributed by atoms with Crippen LogP contribution in [0.3, 0.4) is 0 Å². The summed E-state index contributed by atoms with van der Waals surface area (Å²) in [6.07, 6.45) is 0. The maximum Gasteiger partial charge on any atom is 0.238 e. The Morgan fingerprint density at radius 2 is 2.26 bits per heavy atom. The molecule has 0 unspecified atom stereocenters. The monoisotopic (exact) mass is 354 g/mol. The summed E-state index contributed by atoms with van der Waals surface area (Å²) in [5.41, 5.74) is 0.973. The molecule has 1 atom stereocenters. The van der Waals surface area contributed by atoms with Crippen LogP contribution in [0.15, 0.2) is 22.7 Å². The second kappa shape index (κ2) is 6.72. The number of amides is 1. The van der Waals surface area contributed by atoms with Gasteiger partial charge in [-0.25, -0.2) is 0 Å². The van der Waals surface area contributed by atoms with Crippen LogP contribution in [-0.2, 0) is 10.5 Å². The minimum atomic E-state index is -0.254. The summed E-state index contributed by atoms with van der Waals surface area (Å²) in [5, 5.41) is 6.73. The van der Waals surface area contributed by atoms with Crippen molar-refractivity contribution in [1.82, 2.24) is 5.16 Å². The van der Waals surface area contributed by atoms with Crippen molar-refractivity contribution in [1.29, 1.82) is 0 Å². The van der Waals surface area contributed by atoms with Crippen LogP contribution in [-0.4, -0.2) is 23.1 Å². The van der Waals surface area contributed by atoms with Gasteiger partial charge in [-0.05, 0) is 31.5 Å². The molecule has 0 spiro atoms. The van der Waals surface area contributed by atoms with E-state index in [1.165, 1.54) is 11.8 Å². The number of fused-ring (bicyclic) bond motifs is 1. The minimum absolute atomic E-state index is 0.129. The molecule has 23 heavy (non-hydrogen) atoms. The molecule has 2 heterocycles. The molecule has 1 N–H and O–H groups in total. The van der Waals surface area contributed by atoms with Crippen LogP contribution in [0.5, 0.6) is 11.5 Å². The average Bonchev–Trinajstić information content (AvgIpc) is 3.14. The van der Waals surface area contributed by atoms with Crippen LogP contribution in [0.1, 0.15) is 18.2 Å². The number of benzene rings is 1. The van der Waals surface area contributed by atoms with Gasteiger partial charge in [-0.3, -0.25) is 4.79 Å². The molecule has 1 amide bonds. The molecule has 1 aromatic heterocycles. The highest BCUT2D eigenvalue weighted by Gasteiger charge is 2.20. The Balaban J connectivity index is 1.57. The molecule has 8 heteroatoms. The summed E-state index contributed by atoms with van der Waals surface area (Å²) >= 11 is 7.64. The molecule has 1 aliphatic rings. The molecule has 3 rings (SSSR count). The number of aryl methyl sites for hydroxylation is 1. The van der Waals surface area contributed by atoms with Crippen LogP contribution in [0.2, 0.25) is 5.02 Å². The Kier molecular flexibility index (Phi) is 4.68. The SMILES string of the molecule is Cc1cc(NC(=O)[C@@H](C)SCc2cc(Cl)c3c(c2)OCO3)no1. The van der Waals surface area contributed by atoms with E-state index < -0.39 is 0 Å². The number of anilines is 1. The Hall–Kier alpha value is -1.86. The number of carbonyl (C=O) groups is 1. The van der Waals surface area contributed by atoms with Gasteiger partial charge in [-0.2, -0.15) is 0 Å². The fourth-order valence-corrected chi connectivity index (χ4v) is 3.16. The van der Waals surface area contributed by atoms with Crippen LogP contribution < -0.4 is 14.8 Å². The fraction of sp³-hybridized carbons (Fsp3) is 0.333. The third-order valence-electron chi connectivity index (χ3n) is 3.24. The van der Waals surface area contributed by atoms with Gasteiger partial charge >= 0.3 is 0 Å². The van der Waals surface area contributed by atoms with E-state index >= 15 is 0 Å². The van der Waals surface area contributed by atoms with Crippen molar-refractivity contribution in [3.05, 3.63) is 34.5 Å². The van der Waals surface area contributed by atoms with Crippen molar-refractivity contribution in [2.75, 3.05) is 12.1 Å². The lowest BCUT2D eigenvalue weighted by Crippen LogP contribution is -2.22. The standard InChI is InChI=1S/C15H15ClN2O4S/c1-8-3-13(18-22-8)17-15(19)9(2)23-6-10-4-11(16)14-12(5-10)20-7-21-14/h3-5,9H,6-7H2,1-2H3,(H,17,18,19)/t9-/m1/s1. The Morgan fingerprint density at radius 3 is 3.00 bits per heavy atom. The highest BCUT2D eigenvalue weighted by atomic mass is 35.5. The van der Waals surface area contributed by atoms with Gasteiger partial charge < -0.3 is 19.3 Å². The third-order valence-corrected chi connectivity index (χ3v) is 4.73. The highest BCUT2D eigenvalue weighted by molar-refractivity contribution is 7.99. The third kappa shape index (κ3) is 3.73. The normalized spacial score (nSPS) is 13.9. The van der Waals surface area contributed by atoms with Crippen molar-refractivity contribution in [3.8, 4) is 11.5 Å². The van der Waals surface area contributed by atoms with Crippen molar-refractivity contribution in [3.63, 3.8) is 0 Å². The summed E-state index contributed by atoms with van der Waals surface area (Å²) in [5.74, 6) is 2.79. The molecular weight excluding hydrogens is 340 g/mol. The summed E-state index contributed by atoms with van der Waals surface area (Å²) in [6, 6.07) is 5.38. The van der Waals surface area contributed by atoms with Gasteiger partial charge in [0.1, 0.15) is 5.76 Å². The fourth-order valence-electron chi connectivity index (χ4n) is 2.05. The second-order valence-electron chi connectivity index (χ2n) is 5.08. The predicted octanol–water partition coefficient (Wildman–Crippen LogP) is 3.63. The van der Waals surface area contributed by atoms with Gasteiger partial charge in [-0.15, -0.1) is 11.8 Å². The van der Waals surface area contributed by atoms with E-state index in [1.54, 1.807) is 13.0 Å². The number of nitrogens with one attached hydrogen (secondary N) is 1. The molecule has 0 fully saturated rings. The molecule has 0 saturated carbocycles. The van der Waals surface area contributed by atoms with Crippen LogP contribution in [0.25, 0.3) is 0 Å². The highest BCUT2D eigenvalue weighted by Crippen LogP contribution is 2.40. The number of thioether (sulfide) groups is 1. The number of aromatic nitrogens is 1. The average molecular weight is 355 g/mol. The summed E-state index contributed by atoms with van der Waals surface area (Å²) in [4.78, 5) is 12.1. The smallest absolute Gasteiger partial charge is 0.238 e. The van der Waals surface area contributed by atoms with Crippen LogP contribution in [0.4, 0.5) is 5.82 Å². The quantitative estimate of drug-likeness (QED) is 0.883. The van der Waals surface area contributed by atoms with E-state index in [4.69, 9.17) is 25.6 Å². The topological polar surface area (TPSA) is 73.6 Å². The first-order valence-corrected chi connectivity index (χ1v) is 8.39. The molecule has 122 valence electrons. The zero-order valence-corrected chi connectivity index (χ0v) is 14.2. The number of rotatable bonds is 5. The maximum atomic E-state index is 12.1. The first-order valence-electron chi connectivity index (χ1n) is 6.97. The largest absolute Gasteiger partial charge is 0.454 e. The van der Waals surface area contributed by atoms with Crippen molar-refractivity contribution < 1.29 is 18.8 Å². The van der Waals surface area contributed by atoms with E-state index in [-0.39, 0.29) is 18.0 Å². The minimum Gasteiger partial charge on any atom is -0.454 e. The van der Waals surface area contributed by atoms with E-state index in [0.717, 1.165) is 5.56 Å². The first kappa shape index (κ1) is 16.0. The summed E-state index contributed by atoms with van der Waals surface area (Å²) in [6.45, 7) is 3.79. The number of nitrogens with zero attached hydrogens (tertiary/aromatic N) is 1. The van der Waals surface area contributed by atoms with Gasteiger partial charge in [0, 0.05) is 11.8 Å². The molecule has 1 aliphatic heterocycles. The molecule has 6 nitrogen and oxygen atoms in total. The molecule has 2 aromatic rings. The number of hydrogen-bond acceptors (Lipinski definition) is 6. The number of carbonyl (C=O) groups excluding carboxylic acids is 1. The van der Waals surface area contributed by atoms with Gasteiger partial charge in [0.25, 0.3) is 0 Å². The Labute approximate surface area is 142 Å².